The van der Waals surface area contributed by atoms with E-state index in [1.807, 2.05) is 12.1 Å². The minimum absolute atomic E-state index is 0.226. The summed E-state index contributed by atoms with van der Waals surface area (Å²) in [4.78, 5) is 12.3. The monoisotopic (exact) mass is 342 g/mol. The van der Waals surface area contributed by atoms with Gasteiger partial charge >= 0.3 is 5.63 Å². The van der Waals surface area contributed by atoms with Crippen molar-refractivity contribution in [2.24, 2.45) is 5.92 Å². The van der Waals surface area contributed by atoms with Crippen LogP contribution < -0.4 is 5.63 Å². The molecule has 3 heteroatoms. The summed E-state index contributed by atoms with van der Waals surface area (Å²) in [6.07, 6.45) is 8.82. The smallest absolute Gasteiger partial charge is 0.339 e. The minimum atomic E-state index is -0.226. The first-order chi connectivity index (χ1) is 12.0. The van der Waals surface area contributed by atoms with E-state index in [2.05, 4.69) is 20.8 Å². The lowest BCUT2D eigenvalue weighted by Gasteiger charge is -2.13. The summed E-state index contributed by atoms with van der Waals surface area (Å²) < 4.78 is 5.55. The minimum Gasteiger partial charge on any atom is -0.507 e. The largest absolute Gasteiger partial charge is 0.507 e. The van der Waals surface area contributed by atoms with Gasteiger partial charge in [-0.05, 0) is 60.8 Å². The Morgan fingerprint density at radius 1 is 1.28 bits per heavy atom. The van der Waals surface area contributed by atoms with Crippen LogP contribution in [0.25, 0.3) is 11.0 Å². The summed E-state index contributed by atoms with van der Waals surface area (Å²) in [5, 5.41) is 11.4. The maximum Gasteiger partial charge on any atom is 0.339 e. The summed E-state index contributed by atoms with van der Waals surface area (Å²) >= 11 is 0. The molecule has 2 unspecified atom stereocenters. The van der Waals surface area contributed by atoms with Gasteiger partial charge in [0.15, 0.2) is 0 Å². The standard InChI is InChI=1S/C22H30O3/c1-4-5-6-7-14(2)8-10-16-12-18(23)21-19(13-16)25-22(24)17-11-9-15(3)20(17)21/h12-15,23H,4-11H2,1-3H3. The highest BCUT2D eigenvalue weighted by molar-refractivity contribution is 5.89. The number of phenols is 1. The summed E-state index contributed by atoms with van der Waals surface area (Å²) in [6, 6.07) is 3.83. The fourth-order valence-electron chi connectivity index (χ4n) is 4.16. The SMILES string of the molecule is CCCCCC(C)CCc1cc(O)c2c3c(c(=O)oc2c1)CCC3C. The highest BCUT2D eigenvalue weighted by Gasteiger charge is 2.27. The van der Waals surface area contributed by atoms with Crippen LogP contribution in [0, 0.1) is 5.92 Å². The lowest BCUT2D eigenvalue weighted by Crippen LogP contribution is -2.07. The maximum atomic E-state index is 12.3. The van der Waals surface area contributed by atoms with E-state index in [4.69, 9.17) is 4.42 Å². The first-order valence-electron chi connectivity index (χ1n) is 9.82. The molecule has 136 valence electrons. The average Bonchev–Trinajstić information content (AvgIpc) is 2.95. The predicted octanol–water partition coefficient (Wildman–Crippen LogP) is 5.70. The van der Waals surface area contributed by atoms with E-state index in [9.17, 15) is 9.90 Å². The number of fused-ring (bicyclic) bond motifs is 3. The molecule has 1 aliphatic rings. The van der Waals surface area contributed by atoms with Crippen molar-refractivity contribution in [3.63, 3.8) is 0 Å². The zero-order chi connectivity index (χ0) is 18.0. The molecular weight excluding hydrogens is 312 g/mol. The van der Waals surface area contributed by atoms with Gasteiger partial charge in [0.1, 0.15) is 11.3 Å². The summed E-state index contributed by atoms with van der Waals surface area (Å²) in [6.45, 7) is 6.65. The van der Waals surface area contributed by atoms with Crippen LogP contribution in [0.2, 0.25) is 0 Å². The predicted molar refractivity (Wildman–Crippen MR) is 103 cm³/mol. The van der Waals surface area contributed by atoms with Crippen LogP contribution in [-0.4, -0.2) is 5.11 Å². The zero-order valence-electron chi connectivity index (χ0n) is 15.7. The number of rotatable bonds is 7. The molecule has 0 radical (unpaired) electrons. The Hall–Kier alpha value is -1.77. The third kappa shape index (κ3) is 3.75. The van der Waals surface area contributed by atoms with E-state index in [1.165, 1.54) is 25.7 Å². The van der Waals surface area contributed by atoms with Crippen molar-refractivity contribution >= 4 is 11.0 Å². The zero-order valence-corrected chi connectivity index (χ0v) is 15.7. The molecule has 0 aliphatic heterocycles. The first kappa shape index (κ1) is 18.0. The van der Waals surface area contributed by atoms with Crippen LogP contribution in [0.3, 0.4) is 0 Å². The van der Waals surface area contributed by atoms with Crippen LogP contribution in [0.5, 0.6) is 5.75 Å². The van der Waals surface area contributed by atoms with Crippen LogP contribution in [-0.2, 0) is 12.8 Å². The van der Waals surface area contributed by atoms with Gasteiger partial charge in [-0.1, -0.05) is 46.5 Å². The second-order valence-electron chi connectivity index (χ2n) is 7.85. The molecule has 0 fully saturated rings. The number of aryl methyl sites for hydroxylation is 1. The molecule has 1 aromatic carbocycles. The Balaban J connectivity index is 1.83. The molecule has 1 heterocycles. The highest BCUT2D eigenvalue weighted by atomic mass is 16.4. The highest BCUT2D eigenvalue weighted by Crippen LogP contribution is 2.40. The van der Waals surface area contributed by atoms with Gasteiger partial charge in [-0.2, -0.15) is 0 Å². The Labute approximate surface area is 150 Å². The molecule has 1 aromatic heterocycles. The van der Waals surface area contributed by atoms with Gasteiger partial charge in [0.05, 0.1) is 5.39 Å². The van der Waals surface area contributed by atoms with E-state index in [0.717, 1.165) is 47.8 Å². The van der Waals surface area contributed by atoms with Crippen molar-refractivity contribution in [2.75, 3.05) is 0 Å². The summed E-state index contributed by atoms with van der Waals surface area (Å²) in [5.41, 5.74) is 3.14. The third-order valence-electron chi connectivity index (χ3n) is 5.73. The van der Waals surface area contributed by atoms with E-state index in [1.54, 1.807) is 0 Å². The summed E-state index contributed by atoms with van der Waals surface area (Å²) in [7, 11) is 0. The van der Waals surface area contributed by atoms with Gasteiger partial charge in [0.25, 0.3) is 0 Å². The van der Waals surface area contributed by atoms with E-state index < -0.39 is 0 Å². The lowest BCUT2D eigenvalue weighted by atomic mass is 9.94. The molecule has 1 aliphatic carbocycles. The lowest BCUT2D eigenvalue weighted by molar-refractivity contribution is 0.460. The Kier molecular flexibility index (Phi) is 5.51. The topological polar surface area (TPSA) is 50.4 Å². The molecule has 1 N–H and O–H groups in total. The molecule has 0 saturated heterocycles. The van der Waals surface area contributed by atoms with Crippen LogP contribution in [0.15, 0.2) is 21.3 Å². The van der Waals surface area contributed by atoms with Crippen molar-refractivity contribution < 1.29 is 9.52 Å². The van der Waals surface area contributed by atoms with Gasteiger partial charge < -0.3 is 9.52 Å². The number of phenolic OH excluding ortho intramolecular Hbond substituents is 1. The van der Waals surface area contributed by atoms with Gasteiger partial charge in [-0.3, -0.25) is 0 Å². The number of benzene rings is 1. The molecule has 2 aromatic rings. The van der Waals surface area contributed by atoms with Gasteiger partial charge in [-0.25, -0.2) is 4.79 Å². The Bertz CT molecular complexity index is 803. The van der Waals surface area contributed by atoms with Crippen molar-refractivity contribution in [3.05, 3.63) is 39.2 Å². The van der Waals surface area contributed by atoms with Gasteiger partial charge in [0.2, 0.25) is 0 Å². The fraction of sp³-hybridized carbons (Fsp3) is 0.591. The van der Waals surface area contributed by atoms with E-state index >= 15 is 0 Å². The van der Waals surface area contributed by atoms with E-state index in [0.29, 0.717) is 17.4 Å². The quantitative estimate of drug-likeness (QED) is 0.519. The maximum absolute atomic E-state index is 12.3. The first-order valence-corrected chi connectivity index (χ1v) is 9.82. The third-order valence-corrected chi connectivity index (χ3v) is 5.73. The second-order valence-corrected chi connectivity index (χ2v) is 7.85. The normalized spacial score (nSPS) is 17.8. The van der Waals surface area contributed by atoms with Gasteiger partial charge in [-0.15, -0.1) is 0 Å². The van der Waals surface area contributed by atoms with Crippen molar-refractivity contribution in [2.45, 2.75) is 78.1 Å². The van der Waals surface area contributed by atoms with Crippen molar-refractivity contribution in [1.82, 2.24) is 0 Å². The molecule has 0 amide bonds. The molecule has 25 heavy (non-hydrogen) atoms. The molecule has 0 bridgehead atoms. The van der Waals surface area contributed by atoms with Crippen LogP contribution in [0.4, 0.5) is 0 Å². The fourth-order valence-corrected chi connectivity index (χ4v) is 4.16. The second kappa shape index (κ2) is 7.63. The molecule has 0 saturated carbocycles. The number of unbranched alkanes of at least 4 members (excludes halogenated alkanes) is 2. The molecular formula is C22H30O3. The molecule has 2 atom stereocenters. The van der Waals surface area contributed by atoms with Crippen molar-refractivity contribution in [3.8, 4) is 5.75 Å². The number of aromatic hydroxyl groups is 1. The number of hydrogen-bond acceptors (Lipinski definition) is 3. The Morgan fingerprint density at radius 2 is 2.08 bits per heavy atom. The average molecular weight is 342 g/mol. The molecule has 3 nitrogen and oxygen atoms in total. The molecule has 3 rings (SSSR count). The van der Waals surface area contributed by atoms with E-state index in [-0.39, 0.29) is 11.4 Å². The number of hydrogen-bond donors (Lipinski definition) is 1. The molecule has 0 spiro atoms. The van der Waals surface area contributed by atoms with Gasteiger partial charge in [0, 0.05) is 5.56 Å². The Morgan fingerprint density at radius 3 is 2.84 bits per heavy atom. The summed E-state index contributed by atoms with van der Waals surface area (Å²) in [5.74, 6) is 1.24. The van der Waals surface area contributed by atoms with Crippen molar-refractivity contribution in [1.29, 1.82) is 0 Å². The van der Waals surface area contributed by atoms with Crippen LogP contribution >= 0.6 is 0 Å². The van der Waals surface area contributed by atoms with Crippen LogP contribution in [0.1, 0.15) is 81.9 Å².